The summed E-state index contributed by atoms with van der Waals surface area (Å²) < 4.78 is 9.25. The molecule has 1 aromatic carbocycles. The van der Waals surface area contributed by atoms with Crippen molar-refractivity contribution < 1.29 is 24.5 Å². The molecule has 16 heavy (non-hydrogen) atoms. The highest BCUT2D eigenvalue weighted by atomic mass is 16.5. The lowest BCUT2D eigenvalue weighted by atomic mass is 10.1. The predicted molar refractivity (Wildman–Crippen MR) is 57.4 cm³/mol. The van der Waals surface area contributed by atoms with Gasteiger partial charge < -0.3 is 19.7 Å². The van der Waals surface area contributed by atoms with E-state index in [-0.39, 0.29) is 17.2 Å². The van der Waals surface area contributed by atoms with Gasteiger partial charge in [0.25, 0.3) is 0 Å². The zero-order chi connectivity index (χ0) is 12.1. The quantitative estimate of drug-likeness (QED) is 0.459. The Morgan fingerprint density at radius 1 is 1.31 bits per heavy atom. The molecule has 0 aromatic heterocycles. The topological polar surface area (TPSA) is 76.0 Å². The van der Waals surface area contributed by atoms with Crippen molar-refractivity contribution in [3.05, 3.63) is 23.8 Å². The van der Waals surface area contributed by atoms with Crippen molar-refractivity contribution in [2.24, 2.45) is 0 Å². The molecule has 0 spiro atoms. The lowest BCUT2D eigenvalue weighted by molar-refractivity contribution is -0.134. The smallest absolute Gasteiger partial charge is 0.330 e. The number of ether oxygens (including phenoxy) is 2. The van der Waals surface area contributed by atoms with Crippen LogP contribution in [-0.2, 0) is 9.53 Å². The molecule has 0 radical (unpaired) electrons. The van der Waals surface area contributed by atoms with Crippen LogP contribution in [0, 0.1) is 0 Å². The molecule has 0 amide bonds. The van der Waals surface area contributed by atoms with E-state index in [1.54, 1.807) is 0 Å². The van der Waals surface area contributed by atoms with Gasteiger partial charge in [-0.15, -0.1) is 0 Å². The Bertz CT molecular complexity index is 423. The summed E-state index contributed by atoms with van der Waals surface area (Å²) >= 11 is 0. The summed E-state index contributed by atoms with van der Waals surface area (Å²) in [4.78, 5) is 10.8. The number of carbonyl (C=O) groups excluding carboxylic acids is 1. The fourth-order valence-corrected chi connectivity index (χ4v) is 1.10. The molecule has 1 rings (SSSR count). The predicted octanol–water partition coefficient (Wildman–Crippen LogP) is 1.29. The summed E-state index contributed by atoms with van der Waals surface area (Å²) in [6.07, 6.45) is 2.64. The number of phenols is 2. The van der Waals surface area contributed by atoms with Crippen LogP contribution in [0.1, 0.15) is 5.56 Å². The number of carbonyl (C=O) groups is 1. The van der Waals surface area contributed by atoms with E-state index in [1.807, 2.05) is 0 Å². The molecule has 86 valence electrons. The molecule has 0 aliphatic rings. The molecule has 2 N–H and O–H groups in total. The summed E-state index contributed by atoms with van der Waals surface area (Å²) in [6, 6.07) is 2.78. The first kappa shape index (κ1) is 11.9. The Balaban J connectivity index is 3.03. The molecule has 5 heteroatoms. The first-order valence-corrected chi connectivity index (χ1v) is 4.44. The van der Waals surface area contributed by atoms with Gasteiger partial charge >= 0.3 is 5.97 Å². The Morgan fingerprint density at radius 2 is 2.00 bits per heavy atom. The fourth-order valence-electron chi connectivity index (χ4n) is 1.10. The molecule has 0 saturated carbocycles. The van der Waals surface area contributed by atoms with Crippen molar-refractivity contribution in [2.45, 2.75) is 0 Å². The Labute approximate surface area is 92.5 Å². The standard InChI is InChI=1S/C11H12O5/c1-15-9-6-7(3-4-10(13)16-2)5-8(12)11(9)14/h3-6,12,14H,1-2H3/b4-3+. The van der Waals surface area contributed by atoms with Gasteiger partial charge in [0, 0.05) is 6.08 Å². The van der Waals surface area contributed by atoms with Crippen molar-refractivity contribution in [3.8, 4) is 17.2 Å². The molecular formula is C11H12O5. The maximum absolute atomic E-state index is 10.8. The summed E-state index contributed by atoms with van der Waals surface area (Å²) in [7, 11) is 2.63. The first-order chi connectivity index (χ1) is 7.58. The average Bonchev–Trinajstić information content (AvgIpc) is 2.29. The number of hydrogen-bond acceptors (Lipinski definition) is 5. The molecular weight excluding hydrogens is 212 g/mol. The molecule has 5 nitrogen and oxygen atoms in total. The third-order valence-corrected chi connectivity index (χ3v) is 1.91. The summed E-state index contributed by atoms with van der Waals surface area (Å²) in [5.41, 5.74) is 0.512. The maximum atomic E-state index is 10.8. The number of phenolic OH excluding ortho intramolecular Hbond substituents is 2. The van der Waals surface area contributed by atoms with Crippen molar-refractivity contribution in [1.29, 1.82) is 0 Å². The number of benzene rings is 1. The molecule has 0 bridgehead atoms. The van der Waals surface area contributed by atoms with Crippen LogP contribution in [-0.4, -0.2) is 30.4 Å². The van der Waals surface area contributed by atoms with Gasteiger partial charge in [0.15, 0.2) is 11.5 Å². The second-order valence-corrected chi connectivity index (χ2v) is 2.95. The second kappa shape index (κ2) is 5.06. The van der Waals surface area contributed by atoms with Crippen LogP contribution in [0.25, 0.3) is 6.08 Å². The normalized spacial score (nSPS) is 10.4. The minimum absolute atomic E-state index is 0.129. The SMILES string of the molecule is COC(=O)/C=C/c1cc(O)c(O)c(OC)c1. The zero-order valence-corrected chi connectivity index (χ0v) is 8.93. The van der Waals surface area contributed by atoms with Crippen LogP contribution in [0.4, 0.5) is 0 Å². The number of esters is 1. The van der Waals surface area contributed by atoms with Crippen LogP contribution in [0.2, 0.25) is 0 Å². The van der Waals surface area contributed by atoms with Crippen molar-refractivity contribution in [3.63, 3.8) is 0 Å². The van der Waals surface area contributed by atoms with Gasteiger partial charge in [-0.3, -0.25) is 0 Å². The third kappa shape index (κ3) is 2.66. The van der Waals surface area contributed by atoms with Gasteiger partial charge in [0.1, 0.15) is 0 Å². The van der Waals surface area contributed by atoms with E-state index in [4.69, 9.17) is 4.74 Å². The van der Waals surface area contributed by atoms with Crippen LogP contribution < -0.4 is 4.74 Å². The summed E-state index contributed by atoms with van der Waals surface area (Å²) in [5, 5.41) is 18.7. The number of aromatic hydroxyl groups is 2. The van der Waals surface area contributed by atoms with Gasteiger partial charge in [-0.25, -0.2) is 4.79 Å². The van der Waals surface area contributed by atoms with E-state index >= 15 is 0 Å². The Hall–Kier alpha value is -2.17. The van der Waals surface area contributed by atoms with Gasteiger partial charge in [0.2, 0.25) is 5.75 Å². The number of methoxy groups -OCH3 is 2. The lowest BCUT2D eigenvalue weighted by Crippen LogP contribution is -1.93. The fraction of sp³-hybridized carbons (Fsp3) is 0.182. The van der Waals surface area contributed by atoms with Crippen LogP contribution >= 0.6 is 0 Å². The van der Waals surface area contributed by atoms with Crippen LogP contribution in [0.5, 0.6) is 17.2 Å². The molecule has 0 atom stereocenters. The molecule has 0 fully saturated rings. The van der Waals surface area contributed by atoms with Gasteiger partial charge in [0.05, 0.1) is 14.2 Å². The van der Waals surface area contributed by atoms with E-state index < -0.39 is 5.97 Å². The zero-order valence-electron chi connectivity index (χ0n) is 8.93. The second-order valence-electron chi connectivity index (χ2n) is 2.95. The highest BCUT2D eigenvalue weighted by Crippen LogP contribution is 2.36. The monoisotopic (exact) mass is 224 g/mol. The molecule has 0 aliphatic heterocycles. The molecule has 1 aromatic rings. The molecule has 0 unspecified atom stereocenters. The minimum atomic E-state index is -0.508. The van der Waals surface area contributed by atoms with E-state index in [1.165, 1.54) is 38.5 Å². The van der Waals surface area contributed by atoms with Crippen LogP contribution in [0.15, 0.2) is 18.2 Å². The van der Waals surface area contributed by atoms with Crippen molar-refractivity contribution in [1.82, 2.24) is 0 Å². The third-order valence-electron chi connectivity index (χ3n) is 1.91. The summed E-state index contributed by atoms with van der Waals surface area (Å²) in [6.45, 7) is 0. The van der Waals surface area contributed by atoms with Crippen molar-refractivity contribution >= 4 is 12.0 Å². The van der Waals surface area contributed by atoms with Crippen LogP contribution in [0.3, 0.4) is 0 Å². The number of hydrogen-bond donors (Lipinski definition) is 2. The molecule has 0 saturated heterocycles. The largest absolute Gasteiger partial charge is 0.504 e. The lowest BCUT2D eigenvalue weighted by Gasteiger charge is -2.06. The van der Waals surface area contributed by atoms with Gasteiger partial charge in [-0.1, -0.05) is 0 Å². The van der Waals surface area contributed by atoms with Gasteiger partial charge in [-0.05, 0) is 23.8 Å². The van der Waals surface area contributed by atoms with Gasteiger partial charge in [-0.2, -0.15) is 0 Å². The Morgan fingerprint density at radius 3 is 2.56 bits per heavy atom. The van der Waals surface area contributed by atoms with E-state index in [0.717, 1.165) is 0 Å². The molecule has 0 heterocycles. The number of rotatable bonds is 3. The maximum Gasteiger partial charge on any atom is 0.330 e. The highest BCUT2D eigenvalue weighted by molar-refractivity contribution is 5.87. The molecule has 0 aliphatic carbocycles. The van der Waals surface area contributed by atoms with E-state index in [0.29, 0.717) is 5.56 Å². The minimum Gasteiger partial charge on any atom is -0.504 e. The average molecular weight is 224 g/mol. The summed E-state index contributed by atoms with van der Waals surface area (Å²) in [5.74, 6) is -1.03. The van der Waals surface area contributed by atoms with E-state index in [2.05, 4.69) is 4.74 Å². The first-order valence-electron chi connectivity index (χ1n) is 4.44. The Kier molecular flexibility index (Phi) is 3.77. The highest BCUT2D eigenvalue weighted by Gasteiger charge is 2.08. The van der Waals surface area contributed by atoms with Crippen molar-refractivity contribution in [2.75, 3.05) is 14.2 Å². The van der Waals surface area contributed by atoms with E-state index in [9.17, 15) is 15.0 Å².